The molecule has 0 N–H and O–H groups in total. The number of rotatable bonds is 5. The van der Waals surface area contributed by atoms with E-state index < -0.39 is 21.9 Å². The molecule has 1 aromatic heterocycles. The molecule has 106 valence electrons. The van der Waals surface area contributed by atoms with Crippen LogP contribution in [0.4, 0.5) is 5.69 Å². The van der Waals surface area contributed by atoms with Crippen LogP contribution >= 0.6 is 0 Å². The van der Waals surface area contributed by atoms with E-state index in [1.54, 1.807) is 0 Å². The summed E-state index contributed by atoms with van der Waals surface area (Å²) in [6.07, 6.45) is 1.04. The molecular weight excluding hydrogens is 250 g/mol. The van der Waals surface area contributed by atoms with Gasteiger partial charge in [0.1, 0.15) is 0 Å². The van der Waals surface area contributed by atoms with E-state index in [0.29, 0.717) is 6.54 Å². The fourth-order valence-electron chi connectivity index (χ4n) is 1.81. The van der Waals surface area contributed by atoms with Gasteiger partial charge < -0.3 is 0 Å². The average molecular weight is 269 g/mol. The SMILES string of the molecule is CC(C)Cn1cc([N+](=O)[O-])c(=O)n(CC(C)C)c1=O. The summed E-state index contributed by atoms with van der Waals surface area (Å²) < 4.78 is 2.19. The highest BCUT2D eigenvalue weighted by molar-refractivity contribution is 5.21. The van der Waals surface area contributed by atoms with Gasteiger partial charge in [0.25, 0.3) is 0 Å². The van der Waals surface area contributed by atoms with Gasteiger partial charge in [0.15, 0.2) is 0 Å². The van der Waals surface area contributed by atoms with Gasteiger partial charge in [-0.2, -0.15) is 0 Å². The molecular formula is C12H19N3O4. The van der Waals surface area contributed by atoms with Crippen molar-refractivity contribution >= 4 is 5.69 Å². The molecule has 0 unspecified atom stereocenters. The molecule has 0 amide bonds. The van der Waals surface area contributed by atoms with Crippen LogP contribution in [0.15, 0.2) is 15.8 Å². The first-order valence-corrected chi connectivity index (χ1v) is 6.22. The average Bonchev–Trinajstić information content (AvgIpc) is 2.26. The van der Waals surface area contributed by atoms with E-state index in [9.17, 15) is 19.7 Å². The number of hydrogen-bond acceptors (Lipinski definition) is 4. The lowest BCUT2D eigenvalue weighted by atomic mass is 10.2. The zero-order valence-electron chi connectivity index (χ0n) is 11.6. The quantitative estimate of drug-likeness (QED) is 0.594. The molecule has 0 saturated carbocycles. The number of hydrogen-bond donors (Lipinski definition) is 0. The summed E-state index contributed by atoms with van der Waals surface area (Å²) in [6.45, 7) is 8.01. The van der Waals surface area contributed by atoms with Crippen molar-refractivity contribution in [2.75, 3.05) is 0 Å². The molecule has 0 fully saturated rings. The van der Waals surface area contributed by atoms with Crippen molar-refractivity contribution in [3.63, 3.8) is 0 Å². The summed E-state index contributed by atoms with van der Waals surface area (Å²) in [5.41, 5.74) is -1.87. The minimum Gasteiger partial charge on any atom is -0.293 e. The van der Waals surface area contributed by atoms with E-state index in [4.69, 9.17) is 0 Å². The molecule has 0 aliphatic heterocycles. The summed E-state index contributed by atoms with van der Waals surface area (Å²) in [5.74, 6) is 0.210. The van der Waals surface area contributed by atoms with Crippen molar-refractivity contribution in [1.29, 1.82) is 0 Å². The second kappa shape index (κ2) is 5.81. The lowest BCUT2D eigenvalue weighted by molar-refractivity contribution is -0.387. The fourth-order valence-corrected chi connectivity index (χ4v) is 1.81. The fraction of sp³-hybridized carbons (Fsp3) is 0.667. The first-order chi connectivity index (χ1) is 8.73. The molecule has 0 radical (unpaired) electrons. The van der Waals surface area contributed by atoms with Crippen LogP contribution in [0.3, 0.4) is 0 Å². The van der Waals surface area contributed by atoms with E-state index >= 15 is 0 Å². The first kappa shape index (κ1) is 15.1. The van der Waals surface area contributed by atoms with Gasteiger partial charge in [-0.25, -0.2) is 4.79 Å². The van der Waals surface area contributed by atoms with Crippen LogP contribution in [-0.4, -0.2) is 14.1 Å². The molecule has 1 rings (SSSR count). The molecule has 0 aromatic carbocycles. The van der Waals surface area contributed by atoms with Crippen molar-refractivity contribution in [3.8, 4) is 0 Å². The highest BCUT2D eigenvalue weighted by Crippen LogP contribution is 2.04. The second-order valence-corrected chi connectivity index (χ2v) is 5.41. The van der Waals surface area contributed by atoms with Crippen LogP contribution in [0.25, 0.3) is 0 Å². The minimum atomic E-state index is -0.830. The number of nitro groups is 1. The minimum absolute atomic E-state index is 0.0555. The molecule has 7 heteroatoms. The van der Waals surface area contributed by atoms with Crippen LogP contribution < -0.4 is 11.2 Å². The van der Waals surface area contributed by atoms with Crippen LogP contribution in [0.1, 0.15) is 27.7 Å². The zero-order chi connectivity index (χ0) is 14.7. The molecule has 0 spiro atoms. The zero-order valence-corrected chi connectivity index (χ0v) is 11.6. The third-order valence-corrected chi connectivity index (χ3v) is 2.53. The van der Waals surface area contributed by atoms with Crippen LogP contribution in [0, 0.1) is 22.0 Å². The molecule has 0 aliphatic carbocycles. The van der Waals surface area contributed by atoms with Gasteiger partial charge in [0.2, 0.25) is 0 Å². The number of aromatic nitrogens is 2. The first-order valence-electron chi connectivity index (χ1n) is 6.22. The highest BCUT2D eigenvalue weighted by atomic mass is 16.6. The summed E-state index contributed by atoms with van der Waals surface area (Å²) >= 11 is 0. The van der Waals surface area contributed by atoms with Gasteiger partial charge in [-0.05, 0) is 11.8 Å². The summed E-state index contributed by atoms with van der Waals surface area (Å²) in [5, 5.41) is 10.9. The maximum absolute atomic E-state index is 12.1. The monoisotopic (exact) mass is 269 g/mol. The van der Waals surface area contributed by atoms with Crippen molar-refractivity contribution in [2.45, 2.75) is 40.8 Å². The van der Waals surface area contributed by atoms with Crippen LogP contribution in [-0.2, 0) is 13.1 Å². The van der Waals surface area contributed by atoms with Crippen molar-refractivity contribution in [1.82, 2.24) is 9.13 Å². The topological polar surface area (TPSA) is 87.1 Å². The van der Waals surface area contributed by atoms with Gasteiger partial charge in [-0.3, -0.25) is 24.0 Å². The molecule has 1 aromatic rings. The molecule has 7 nitrogen and oxygen atoms in total. The molecule has 1 heterocycles. The van der Waals surface area contributed by atoms with Crippen molar-refractivity contribution in [3.05, 3.63) is 37.1 Å². The number of nitrogens with zero attached hydrogens (tertiary/aromatic N) is 3. The lowest BCUT2D eigenvalue weighted by Crippen LogP contribution is -2.42. The second-order valence-electron chi connectivity index (χ2n) is 5.41. The summed E-state index contributed by atoms with van der Waals surface area (Å²) in [4.78, 5) is 34.2. The van der Waals surface area contributed by atoms with Gasteiger partial charge >= 0.3 is 16.9 Å². The Balaban J connectivity index is 3.51. The van der Waals surface area contributed by atoms with Crippen molar-refractivity contribution in [2.24, 2.45) is 11.8 Å². The maximum atomic E-state index is 12.1. The van der Waals surface area contributed by atoms with E-state index in [1.807, 2.05) is 27.7 Å². The van der Waals surface area contributed by atoms with Gasteiger partial charge in [-0.15, -0.1) is 0 Å². The molecule has 19 heavy (non-hydrogen) atoms. The smallest absolute Gasteiger partial charge is 0.293 e. The van der Waals surface area contributed by atoms with Gasteiger partial charge in [-0.1, -0.05) is 27.7 Å². The van der Waals surface area contributed by atoms with Crippen LogP contribution in [0.2, 0.25) is 0 Å². The molecule has 0 saturated heterocycles. The Hall–Kier alpha value is -1.92. The Morgan fingerprint density at radius 3 is 2.11 bits per heavy atom. The van der Waals surface area contributed by atoms with Crippen LogP contribution in [0.5, 0.6) is 0 Å². The normalized spacial score (nSPS) is 11.3. The van der Waals surface area contributed by atoms with E-state index in [2.05, 4.69) is 0 Å². The third kappa shape index (κ3) is 3.52. The van der Waals surface area contributed by atoms with Gasteiger partial charge in [0.05, 0.1) is 11.1 Å². The lowest BCUT2D eigenvalue weighted by Gasteiger charge is -2.13. The van der Waals surface area contributed by atoms with Crippen molar-refractivity contribution < 1.29 is 4.92 Å². The largest absolute Gasteiger partial charge is 0.350 e. The Kier molecular flexibility index (Phi) is 4.63. The molecule has 0 atom stereocenters. The highest BCUT2D eigenvalue weighted by Gasteiger charge is 2.20. The summed E-state index contributed by atoms with van der Waals surface area (Å²) in [6, 6.07) is 0. The predicted molar refractivity (Wildman–Crippen MR) is 71.3 cm³/mol. The van der Waals surface area contributed by atoms with E-state index in [0.717, 1.165) is 10.8 Å². The van der Waals surface area contributed by atoms with E-state index in [1.165, 1.54) is 4.57 Å². The molecule has 0 bridgehead atoms. The van der Waals surface area contributed by atoms with E-state index in [-0.39, 0.29) is 18.4 Å². The Labute approximate surface area is 110 Å². The maximum Gasteiger partial charge on any atom is 0.350 e. The molecule has 0 aliphatic rings. The Morgan fingerprint density at radius 2 is 1.68 bits per heavy atom. The van der Waals surface area contributed by atoms with Gasteiger partial charge in [0, 0.05) is 13.1 Å². The standard InChI is InChI=1S/C12H19N3O4/c1-8(2)5-13-7-10(15(18)19)11(16)14(12(13)17)6-9(3)4/h7-9H,5-6H2,1-4H3. The third-order valence-electron chi connectivity index (χ3n) is 2.53. The Morgan fingerprint density at radius 1 is 1.16 bits per heavy atom. The Bertz CT molecular complexity index is 584. The predicted octanol–water partition coefficient (Wildman–Crippen LogP) is 1.23. The summed E-state index contributed by atoms with van der Waals surface area (Å²) in [7, 11) is 0.